The molecule has 33 heavy (non-hydrogen) atoms. The Kier molecular flexibility index (Phi) is 13.6. The minimum Gasteiger partial charge on any atom is -0.465 e. The highest BCUT2D eigenvalue weighted by atomic mass is 79.9. The summed E-state index contributed by atoms with van der Waals surface area (Å²) in [6.45, 7) is 5.71. The van der Waals surface area contributed by atoms with Crippen molar-refractivity contribution in [3.05, 3.63) is 69.3 Å². The van der Waals surface area contributed by atoms with Gasteiger partial charge in [-0.05, 0) is 61.1 Å². The van der Waals surface area contributed by atoms with Crippen molar-refractivity contribution in [1.82, 2.24) is 11.5 Å². The first kappa shape index (κ1) is 30.6. The van der Waals surface area contributed by atoms with Crippen molar-refractivity contribution >= 4 is 27.8 Å². The number of hydrogen-bond donors (Lipinski definition) is 2. The average molecular weight is 533 g/mol. The number of amides is 1. The lowest BCUT2D eigenvalue weighted by Gasteiger charge is -2.09. The maximum atomic E-state index is 13.2. The summed E-state index contributed by atoms with van der Waals surface area (Å²) >= 11 is 3.23. The van der Waals surface area contributed by atoms with Crippen molar-refractivity contribution in [3.8, 4) is 0 Å². The van der Waals surface area contributed by atoms with Crippen LogP contribution < -0.4 is 11.5 Å². The van der Waals surface area contributed by atoms with Crippen LogP contribution in [0.5, 0.6) is 0 Å². The molecule has 0 atom stereocenters. The zero-order chi connectivity index (χ0) is 23.0. The standard InChI is InChI=1S/C10H10BrFO2.C9H8FNO.C4H8O.H3N.H2O/c1-6-8(12)4-3-7(5-11)9(6)10(13)14-2;1-5-7(10)3-2-6-4-11-9(12)8(5)6;1-2-4-5-3-1;;/h3-4H,5H2,1-2H3;2-3H,4H2,1H3,(H,11,12);1-4H2;1H3;1H2. The van der Waals surface area contributed by atoms with Crippen LogP contribution in [0.2, 0.25) is 0 Å². The lowest BCUT2D eigenvalue weighted by molar-refractivity contribution is 0.0598. The number of benzene rings is 2. The van der Waals surface area contributed by atoms with Crippen molar-refractivity contribution in [2.75, 3.05) is 20.3 Å². The van der Waals surface area contributed by atoms with Gasteiger partial charge in [0.2, 0.25) is 0 Å². The van der Waals surface area contributed by atoms with Gasteiger partial charge in [-0.15, -0.1) is 0 Å². The van der Waals surface area contributed by atoms with Crippen LogP contribution in [0.25, 0.3) is 0 Å². The lowest BCUT2D eigenvalue weighted by atomic mass is 10.0. The molecule has 4 rings (SSSR count). The number of ether oxygens (including phenoxy) is 2. The predicted molar refractivity (Wildman–Crippen MR) is 126 cm³/mol. The fraction of sp³-hybridized carbons (Fsp3) is 0.391. The van der Waals surface area contributed by atoms with Gasteiger partial charge in [-0.3, -0.25) is 4.79 Å². The molecule has 2 aliphatic heterocycles. The number of carbonyl (C=O) groups is 2. The van der Waals surface area contributed by atoms with E-state index >= 15 is 0 Å². The molecule has 2 aromatic rings. The largest absolute Gasteiger partial charge is 0.465 e. The number of halogens is 3. The summed E-state index contributed by atoms with van der Waals surface area (Å²) in [5.74, 6) is -1.38. The molecule has 0 aromatic heterocycles. The van der Waals surface area contributed by atoms with E-state index in [1.807, 2.05) is 0 Å². The van der Waals surface area contributed by atoms with E-state index in [-0.39, 0.29) is 23.4 Å². The number of fused-ring (bicyclic) bond motifs is 1. The van der Waals surface area contributed by atoms with Crippen molar-refractivity contribution in [1.29, 1.82) is 0 Å². The van der Waals surface area contributed by atoms with Crippen LogP contribution in [0.15, 0.2) is 24.3 Å². The number of carbonyl (C=O) groups excluding carboxylic acids is 2. The number of rotatable bonds is 2. The van der Waals surface area contributed by atoms with E-state index in [2.05, 4.69) is 26.0 Å². The van der Waals surface area contributed by atoms with E-state index in [9.17, 15) is 18.4 Å². The summed E-state index contributed by atoms with van der Waals surface area (Å²) in [5.41, 5.74) is 3.21. The molecule has 0 spiro atoms. The Morgan fingerprint density at radius 3 is 2.18 bits per heavy atom. The van der Waals surface area contributed by atoms with Gasteiger partial charge in [0.05, 0.1) is 18.2 Å². The molecule has 0 aliphatic carbocycles. The molecule has 0 unspecified atom stereocenters. The van der Waals surface area contributed by atoms with Gasteiger partial charge in [-0.1, -0.05) is 28.1 Å². The maximum absolute atomic E-state index is 13.2. The second-order valence-corrected chi connectivity index (χ2v) is 7.60. The number of esters is 1. The van der Waals surface area contributed by atoms with E-state index in [4.69, 9.17) is 4.74 Å². The van der Waals surface area contributed by atoms with Crippen molar-refractivity contribution in [2.45, 2.75) is 38.6 Å². The van der Waals surface area contributed by atoms with Gasteiger partial charge in [-0.25, -0.2) is 13.6 Å². The Labute approximate surface area is 200 Å². The van der Waals surface area contributed by atoms with Crippen LogP contribution in [-0.4, -0.2) is 37.7 Å². The normalized spacial score (nSPS) is 13.1. The van der Waals surface area contributed by atoms with Crippen molar-refractivity contribution < 1.29 is 33.3 Å². The summed E-state index contributed by atoms with van der Waals surface area (Å²) in [7, 11) is 1.28. The van der Waals surface area contributed by atoms with Gasteiger partial charge in [0.1, 0.15) is 11.6 Å². The van der Waals surface area contributed by atoms with Crippen LogP contribution >= 0.6 is 15.9 Å². The smallest absolute Gasteiger partial charge is 0.338 e. The first-order valence-electron chi connectivity index (χ1n) is 9.88. The summed E-state index contributed by atoms with van der Waals surface area (Å²) in [6, 6.07) is 5.96. The first-order chi connectivity index (χ1) is 14.8. The van der Waals surface area contributed by atoms with Crippen molar-refractivity contribution in [3.63, 3.8) is 0 Å². The molecule has 0 radical (unpaired) electrons. The van der Waals surface area contributed by atoms with Gasteiger partial charge in [0.15, 0.2) is 0 Å². The molecule has 1 amide bonds. The number of methoxy groups -OCH3 is 1. The SMILES string of the molecule is C1CCOC1.COC(=O)c1c(CBr)ccc(F)c1C.Cc1c(F)ccc2c1C(=O)NC2.N.O. The van der Waals surface area contributed by atoms with Crippen LogP contribution in [0.3, 0.4) is 0 Å². The van der Waals surface area contributed by atoms with E-state index in [0.717, 1.165) is 24.3 Å². The fourth-order valence-electron chi connectivity index (χ4n) is 3.22. The molecule has 2 aliphatic rings. The zero-order valence-corrected chi connectivity index (χ0v) is 20.6. The first-order valence-corrected chi connectivity index (χ1v) is 11.0. The molecule has 2 heterocycles. The molecule has 10 heteroatoms. The Hall–Kier alpha value is -2.40. The molecule has 1 fully saturated rings. The van der Waals surface area contributed by atoms with Crippen LogP contribution in [0.1, 0.15) is 55.8 Å². The van der Waals surface area contributed by atoms with Gasteiger partial charge >= 0.3 is 5.97 Å². The quantitative estimate of drug-likeness (QED) is 0.438. The second-order valence-electron chi connectivity index (χ2n) is 7.04. The minimum atomic E-state index is -0.503. The zero-order valence-electron chi connectivity index (χ0n) is 19.0. The number of hydrogen-bond acceptors (Lipinski definition) is 5. The van der Waals surface area contributed by atoms with Crippen LogP contribution in [0.4, 0.5) is 8.78 Å². The maximum Gasteiger partial charge on any atom is 0.338 e. The lowest BCUT2D eigenvalue weighted by Crippen LogP contribution is -2.13. The van der Waals surface area contributed by atoms with Gasteiger partial charge in [0.25, 0.3) is 5.91 Å². The molecule has 7 nitrogen and oxygen atoms in total. The second kappa shape index (κ2) is 14.7. The van der Waals surface area contributed by atoms with Crippen LogP contribution in [-0.2, 0) is 21.3 Å². The Morgan fingerprint density at radius 1 is 1.09 bits per heavy atom. The van der Waals surface area contributed by atoms with E-state index in [0.29, 0.717) is 34.1 Å². The summed E-state index contributed by atoms with van der Waals surface area (Å²) in [4.78, 5) is 22.5. The highest BCUT2D eigenvalue weighted by Gasteiger charge is 2.22. The molecule has 0 bridgehead atoms. The monoisotopic (exact) mass is 532 g/mol. The topological polar surface area (TPSA) is 131 Å². The third-order valence-corrected chi connectivity index (χ3v) is 5.60. The highest BCUT2D eigenvalue weighted by molar-refractivity contribution is 9.08. The molecular weight excluding hydrogens is 502 g/mol. The molecule has 0 saturated carbocycles. The van der Waals surface area contributed by atoms with Crippen molar-refractivity contribution in [2.24, 2.45) is 0 Å². The van der Waals surface area contributed by atoms with Gasteiger partial charge in [0, 0.05) is 25.1 Å². The minimum absolute atomic E-state index is 0. The molecule has 6 N–H and O–H groups in total. The molecule has 184 valence electrons. The third-order valence-electron chi connectivity index (χ3n) is 5.00. The van der Waals surface area contributed by atoms with Gasteiger partial charge in [-0.2, -0.15) is 0 Å². The van der Waals surface area contributed by atoms with Crippen LogP contribution in [0, 0.1) is 25.5 Å². The summed E-state index contributed by atoms with van der Waals surface area (Å²) < 4.78 is 35.7. The van der Waals surface area contributed by atoms with E-state index in [1.54, 1.807) is 26.0 Å². The Morgan fingerprint density at radius 2 is 1.67 bits per heavy atom. The fourth-order valence-corrected chi connectivity index (χ4v) is 3.69. The Balaban J connectivity index is 0.000000491. The van der Waals surface area contributed by atoms with E-state index < -0.39 is 11.8 Å². The number of alkyl halides is 1. The summed E-state index contributed by atoms with van der Waals surface area (Å²) in [5, 5.41) is 3.15. The average Bonchev–Trinajstić information content (AvgIpc) is 3.46. The van der Waals surface area contributed by atoms with E-state index in [1.165, 1.54) is 32.1 Å². The number of nitrogens with one attached hydrogen (secondary N) is 1. The third kappa shape index (κ3) is 7.85. The van der Waals surface area contributed by atoms with Gasteiger partial charge < -0.3 is 26.4 Å². The predicted octanol–water partition coefficient (Wildman–Crippen LogP) is 4.33. The molecule has 1 saturated heterocycles. The highest BCUT2D eigenvalue weighted by Crippen LogP contribution is 2.22. The summed E-state index contributed by atoms with van der Waals surface area (Å²) in [6.07, 6.45) is 2.56. The molecular formula is C23H31BrF2N2O5. The Bertz CT molecular complexity index is 945. The molecule has 2 aromatic carbocycles.